The second-order valence-corrected chi connectivity index (χ2v) is 7.21. The van der Waals surface area contributed by atoms with Gasteiger partial charge in [-0.15, -0.1) is 0 Å². The van der Waals surface area contributed by atoms with E-state index in [0.717, 1.165) is 36.8 Å². The number of hydrogen-bond donors (Lipinski definition) is 1. The van der Waals surface area contributed by atoms with Crippen LogP contribution in [0.5, 0.6) is 0 Å². The van der Waals surface area contributed by atoms with Crippen molar-refractivity contribution in [1.29, 1.82) is 0 Å². The molecule has 0 bridgehead atoms. The first-order valence-electron chi connectivity index (χ1n) is 9.84. The van der Waals surface area contributed by atoms with Crippen molar-refractivity contribution in [3.8, 4) is 0 Å². The lowest BCUT2D eigenvalue weighted by Gasteiger charge is -2.25. The molecule has 1 fully saturated rings. The smallest absolute Gasteiger partial charge is 0.407 e. The first kappa shape index (κ1) is 19.8. The lowest BCUT2D eigenvalue weighted by atomic mass is 9.95. The minimum absolute atomic E-state index is 0.00980. The van der Waals surface area contributed by atoms with Crippen LogP contribution in [-0.4, -0.2) is 24.3 Å². The van der Waals surface area contributed by atoms with Crippen LogP contribution in [0.3, 0.4) is 0 Å². The normalized spacial score (nSPS) is 16.0. The number of nitrogens with zero attached hydrogens (tertiary/aromatic N) is 3. The highest BCUT2D eigenvalue weighted by Gasteiger charge is 2.26. The molecule has 1 aliphatic rings. The zero-order chi connectivity index (χ0) is 19.6. The fourth-order valence-electron chi connectivity index (χ4n) is 3.68. The molecule has 2 aromatic rings. The van der Waals surface area contributed by atoms with E-state index in [9.17, 15) is 4.79 Å². The molecular weight excluding hydrogens is 352 g/mol. The Morgan fingerprint density at radius 1 is 1.04 bits per heavy atom. The Labute approximate surface area is 165 Å². The first-order valence-corrected chi connectivity index (χ1v) is 9.84. The average molecular weight is 378 g/mol. The van der Waals surface area contributed by atoms with E-state index in [-0.39, 0.29) is 12.1 Å². The maximum Gasteiger partial charge on any atom is 0.407 e. The molecule has 28 heavy (non-hydrogen) atoms. The summed E-state index contributed by atoms with van der Waals surface area (Å²) in [5.74, 6) is 0. The number of amides is 1. The predicted molar refractivity (Wildman–Crippen MR) is 109 cm³/mol. The van der Waals surface area contributed by atoms with Crippen LogP contribution in [0.1, 0.15) is 36.8 Å². The molecule has 1 amide bonds. The zero-order valence-electron chi connectivity index (χ0n) is 15.9. The molecule has 146 valence electrons. The van der Waals surface area contributed by atoms with E-state index in [2.05, 4.69) is 15.3 Å². The van der Waals surface area contributed by atoms with Crippen LogP contribution in [0, 0.1) is 0 Å². The third kappa shape index (κ3) is 6.03. The summed E-state index contributed by atoms with van der Waals surface area (Å²) in [5, 5.41) is 6.98. The Morgan fingerprint density at radius 3 is 2.18 bits per heavy atom. The van der Waals surface area contributed by atoms with Crippen molar-refractivity contribution in [1.82, 2.24) is 5.32 Å². The quantitative estimate of drug-likeness (QED) is 0.389. The lowest BCUT2D eigenvalue weighted by Crippen LogP contribution is -2.45. The number of carbonyl (C=O) groups excluding carboxylic acids is 1. The van der Waals surface area contributed by atoms with Crippen LogP contribution in [-0.2, 0) is 17.6 Å². The minimum Gasteiger partial charge on any atom is -0.446 e. The van der Waals surface area contributed by atoms with E-state index in [0.29, 0.717) is 12.8 Å². The van der Waals surface area contributed by atoms with Gasteiger partial charge in [0.25, 0.3) is 0 Å². The molecule has 1 N–H and O–H groups in total. The lowest BCUT2D eigenvalue weighted by molar-refractivity contribution is 0.0966. The monoisotopic (exact) mass is 378 g/mol. The van der Waals surface area contributed by atoms with Gasteiger partial charge < -0.3 is 10.1 Å². The summed E-state index contributed by atoms with van der Waals surface area (Å²) in [6, 6.07) is 19.0. The molecule has 1 aliphatic carbocycles. The van der Waals surface area contributed by atoms with Crippen molar-refractivity contribution in [2.45, 2.75) is 56.7 Å². The van der Waals surface area contributed by atoms with Gasteiger partial charge in [0.1, 0.15) is 6.10 Å². The molecule has 0 aliphatic heterocycles. The van der Waals surface area contributed by atoms with E-state index in [4.69, 9.17) is 10.3 Å². The van der Waals surface area contributed by atoms with Crippen molar-refractivity contribution in [2.24, 2.45) is 5.11 Å². The fraction of sp³-hybridized carbons (Fsp3) is 0.409. The summed E-state index contributed by atoms with van der Waals surface area (Å²) in [5.41, 5.74) is 11.2. The van der Waals surface area contributed by atoms with Crippen molar-refractivity contribution >= 4 is 6.09 Å². The molecular formula is C22H26N4O2. The molecule has 2 aromatic carbocycles. The van der Waals surface area contributed by atoms with Gasteiger partial charge in [-0.2, -0.15) is 0 Å². The van der Waals surface area contributed by atoms with Crippen LogP contribution in [0.15, 0.2) is 65.8 Å². The van der Waals surface area contributed by atoms with Crippen LogP contribution >= 0.6 is 0 Å². The van der Waals surface area contributed by atoms with Crippen LogP contribution in [0.4, 0.5) is 4.79 Å². The first-order chi connectivity index (χ1) is 13.7. The summed E-state index contributed by atoms with van der Waals surface area (Å²) in [7, 11) is 0. The van der Waals surface area contributed by atoms with Gasteiger partial charge in [-0.25, -0.2) is 4.79 Å². The maximum absolute atomic E-state index is 12.5. The summed E-state index contributed by atoms with van der Waals surface area (Å²) >= 11 is 0. The molecule has 2 atom stereocenters. The maximum atomic E-state index is 12.5. The third-order valence-electron chi connectivity index (χ3n) is 5.13. The summed E-state index contributed by atoms with van der Waals surface area (Å²) < 4.78 is 5.57. The molecule has 0 heterocycles. The second kappa shape index (κ2) is 10.4. The topological polar surface area (TPSA) is 87.1 Å². The molecule has 0 saturated heterocycles. The van der Waals surface area contributed by atoms with Crippen LogP contribution in [0.2, 0.25) is 0 Å². The van der Waals surface area contributed by atoms with E-state index in [1.165, 1.54) is 0 Å². The zero-order valence-corrected chi connectivity index (χ0v) is 15.9. The van der Waals surface area contributed by atoms with Gasteiger partial charge in [-0.3, -0.25) is 0 Å². The summed E-state index contributed by atoms with van der Waals surface area (Å²) in [4.78, 5) is 15.5. The Morgan fingerprint density at radius 2 is 1.61 bits per heavy atom. The number of alkyl carbamates (subject to hydrolysis) is 1. The van der Waals surface area contributed by atoms with Crippen LogP contribution < -0.4 is 5.32 Å². The number of carbonyl (C=O) groups is 1. The second-order valence-electron chi connectivity index (χ2n) is 7.21. The van der Waals surface area contributed by atoms with Gasteiger partial charge in [0.2, 0.25) is 0 Å². The number of azide groups is 1. The molecule has 0 aromatic heterocycles. The van der Waals surface area contributed by atoms with Crippen molar-refractivity contribution in [2.75, 3.05) is 0 Å². The number of nitrogens with one attached hydrogen (secondary N) is 1. The number of rotatable bonds is 8. The van der Waals surface area contributed by atoms with Gasteiger partial charge >= 0.3 is 6.09 Å². The molecule has 6 nitrogen and oxygen atoms in total. The number of benzene rings is 2. The van der Waals surface area contributed by atoms with Gasteiger partial charge in [0.05, 0.1) is 6.04 Å². The summed E-state index contributed by atoms with van der Waals surface area (Å²) in [6.45, 7) is 0. The Bertz CT molecular complexity index is 785. The van der Waals surface area contributed by atoms with Crippen molar-refractivity contribution in [3.05, 3.63) is 82.2 Å². The predicted octanol–water partition coefficient (Wildman–Crippen LogP) is 5.19. The van der Waals surface area contributed by atoms with Gasteiger partial charge in [0.15, 0.2) is 0 Å². The SMILES string of the molecule is [N-]=[N+]=N[C@@H](Cc1ccccc1)[C@@H](Cc1ccccc1)NC(=O)OC1CCCC1. The van der Waals surface area contributed by atoms with Crippen molar-refractivity contribution < 1.29 is 9.53 Å². The van der Waals surface area contributed by atoms with E-state index in [1.54, 1.807) is 0 Å². The molecule has 0 spiro atoms. The number of ether oxygens (including phenoxy) is 1. The van der Waals surface area contributed by atoms with Gasteiger partial charge in [-0.05, 0) is 55.2 Å². The van der Waals surface area contributed by atoms with Gasteiger partial charge in [-0.1, -0.05) is 65.8 Å². The standard InChI is InChI=1S/C22H26N4O2/c23-26-25-21(16-18-11-5-2-6-12-18)20(15-17-9-3-1-4-10-17)24-22(27)28-19-13-7-8-14-19/h1-6,9-12,19-21H,7-8,13-16H2,(H,24,27)/t20-,21+/m1/s1. The Hall–Kier alpha value is -2.98. The highest BCUT2D eigenvalue weighted by molar-refractivity contribution is 5.68. The van der Waals surface area contributed by atoms with E-state index >= 15 is 0 Å². The highest BCUT2D eigenvalue weighted by Crippen LogP contribution is 2.21. The molecule has 6 heteroatoms. The Balaban J connectivity index is 1.75. The van der Waals surface area contributed by atoms with Crippen molar-refractivity contribution in [3.63, 3.8) is 0 Å². The van der Waals surface area contributed by atoms with E-state index in [1.807, 2.05) is 60.7 Å². The third-order valence-corrected chi connectivity index (χ3v) is 5.13. The summed E-state index contributed by atoms with van der Waals surface area (Å²) in [6.07, 6.45) is 4.70. The van der Waals surface area contributed by atoms with Crippen LogP contribution in [0.25, 0.3) is 10.4 Å². The largest absolute Gasteiger partial charge is 0.446 e. The number of hydrogen-bond acceptors (Lipinski definition) is 3. The molecule has 1 saturated carbocycles. The van der Waals surface area contributed by atoms with Gasteiger partial charge in [0, 0.05) is 11.0 Å². The molecule has 0 unspecified atom stereocenters. The van der Waals surface area contributed by atoms with E-state index < -0.39 is 12.1 Å². The highest BCUT2D eigenvalue weighted by atomic mass is 16.6. The average Bonchev–Trinajstić information content (AvgIpc) is 3.22. The Kier molecular flexibility index (Phi) is 7.33. The molecule has 0 radical (unpaired) electrons. The fourth-order valence-corrected chi connectivity index (χ4v) is 3.68. The minimum atomic E-state index is -0.431. The molecule has 3 rings (SSSR count).